The van der Waals surface area contributed by atoms with E-state index in [2.05, 4.69) is 10.6 Å². The van der Waals surface area contributed by atoms with E-state index >= 15 is 0 Å². The smallest absolute Gasteiger partial charge is 0.227 e. The molecule has 2 aromatic rings. The molecule has 1 heterocycles. The predicted octanol–water partition coefficient (Wildman–Crippen LogP) is 3.57. The van der Waals surface area contributed by atoms with Gasteiger partial charge in [-0.1, -0.05) is 42.0 Å². The lowest BCUT2D eigenvalue weighted by Gasteiger charge is -2.19. The fraction of sp³-hybridized carbons (Fsp3) is 0.400. The predicted molar refractivity (Wildman–Crippen MR) is 119 cm³/mol. The summed E-state index contributed by atoms with van der Waals surface area (Å²) in [7, 11) is 0. The number of nitrogens with one attached hydrogen (secondary N) is 2. The zero-order valence-electron chi connectivity index (χ0n) is 18.1. The summed E-state index contributed by atoms with van der Waals surface area (Å²) in [5.74, 6) is -0.173. The number of nitrogens with zero attached hydrogens (tertiary/aromatic N) is 1. The van der Waals surface area contributed by atoms with Gasteiger partial charge in [-0.05, 0) is 49.9 Å². The first-order valence-electron chi connectivity index (χ1n) is 10.9. The molecule has 0 bridgehead atoms. The van der Waals surface area contributed by atoms with Crippen molar-refractivity contribution in [3.05, 3.63) is 65.2 Å². The van der Waals surface area contributed by atoms with E-state index in [9.17, 15) is 14.4 Å². The molecule has 2 aromatic carbocycles. The van der Waals surface area contributed by atoms with E-state index in [-0.39, 0.29) is 42.0 Å². The van der Waals surface area contributed by atoms with E-state index in [4.69, 9.17) is 0 Å². The Morgan fingerprint density at radius 2 is 1.68 bits per heavy atom. The maximum absolute atomic E-state index is 12.8. The van der Waals surface area contributed by atoms with Gasteiger partial charge in [0.05, 0.1) is 12.0 Å². The van der Waals surface area contributed by atoms with Crippen molar-refractivity contribution in [3.8, 4) is 0 Å². The van der Waals surface area contributed by atoms with E-state index in [0.29, 0.717) is 13.1 Å². The summed E-state index contributed by atoms with van der Waals surface area (Å²) >= 11 is 0. The second-order valence-corrected chi connectivity index (χ2v) is 8.78. The number of amides is 3. The Kier molecular flexibility index (Phi) is 6.07. The molecule has 2 N–H and O–H groups in total. The topological polar surface area (TPSA) is 78.5 Å². The third-order valence-corrected chi connectivity index (χ3v) is 6.06. The minimum Gasteiger partial charge on any atom is -0.349 e. The summed E-state index contributed by atoms with van der Waals surface area (Å²) < 4.78 is 0. The van der Waals surface area contributed by atoms with Gasteiger partial charge in [-0.2, -0.15) is 0 Å². The third-order valence-electron chi connectivity index (χ3n) is 6.06. The van der Waals surface area contributed by atoms with Crippen LogP contribution in [-0.4, -0.2) is 29.2 Å². The largest absolute Gasteiger partial charge is 0.349 e. The van der Waals surface area contributed by atoms with Crippen LogP contribution in [-0.2, 0) is 20.9 Å². The van der Waals surface area contributed by atoms with Gasteiger partial charge in [-0.15, -0.1) is 0 Å². The molecule has 0 radical (unpaired) electrons. The SMILES string of the molecule is Cc1ccc(CN2CC(C(=O)NC(C)c3ccc(NC(=O)C4CC4)cc3)CC2=O)cc1. The Hall–Kier alpha value is -3.15. The van der Waals surface area contributed by atoms with Gasteiger partial charge in [0.25, 0.3) is 0 Å². The first-order valence-corrected chi connectivity index (χ1v) is 10.9. The van der Waals surface area contributed by atoms with Crippen LogP contribution in [0.2, 0.25) is 0 Å². The van der Waals surface area contributed by atoms with Crippen LogP contribution in [0, 0.1) is 18.8 Å². The van der Waals surface area contributed by atoms with Crippen LogP contribution in [0.25, 0.3) is 0 Å². The summed E-state index contributed by atoms with van der Waals surface area (Å²) in [5.41, 5.74) is 3.98. The molecule has 1 saturated carbocycles. The molecule has 0 spiro atoms. The van der Waals surface area contributed by atoms with E-state index in [1.807, 2.05) is 62.4 Å². The second-order valence-electron chi connectivity index (χ2n) is 8.78. The summed E-state index contributed by atoms with van der Waals surface area (Å²) in [5, 5.41) is 5.95. The first kappa shape index (κ1) is 21.1. The van der Waals surface area contributed by atoms with E-state index < -0.39 is 0 Å². The van der Waals surface area contributed by atoms with Gasteiger partial charge >= 0.3 is 0 Å². The summed E-state index contributed by atoms with van der Waals surface area (Å²) in [6, 6.07) is 15.5. The number of likely N-dealkylation sites (tertiary alicyclic amines) is 1. The highest BCUT2D eigenvalue weighted by Crippen LogP contribution is 2.30. The lowest BCUT2D eigenvalue weighted by atomic mass is 10.0. The fourth-order valence-corrected chi connectivity index (χ4v) is 3.87. The van der Waals surface area contributed by atoms with Crippen molar-refractivity contribution in [2.24, 2.45) is 11.8 Å². The molecule has 2 atom stereocenters. The Balaban J connectivity index is 1.29. The number of hydrogen-bond acceptors (Lipinski definition) is 3. The van der Waals surface area contributed by atoms with Gasteiger partial charge in [0.2, 0.25) is 17.7 Å². The van der Waals surface area contributed by atoms with Gasteiger partial charge in [0.15, 0.2) is 0 Å². The van der Waals surface area contributed by atoms with Crippen molar-refractivity contribution in [2.45, 2.75) is 45.7 Å². The van der Waals surface area contributed by atoms with Crippen LogP contribution in [0.1, 0.15) is 48.9 Å². The number of hydrogen-bond donors (Lipinski definition) is 2. The van der Waals surface area contributed by atoms with E-state index in [1.165, 1.54) is 5.56 Å². The van der Waals surface area contributed by atoms with Crippen molar-refractivity contribution in [1.29, 1.82) is 0 Å². The molecule has 0 aromatic heterocycles. The van der Waals surface area contributed by atoms with Crippen molar-refractivity contribution in [1.82, 2.24) is 10.2 Å². The number of aryl methyl sites for hydroxylation is 1. The molecule has 4 rings (SSSR count). The Bertz CT molecular complexity index is 965. The number of anilines is 1. The molecular weight excluding hydrogens is 390 g/mol. The Morgan fingerprint density at radius 1 is 1.00 bits per heavy atom. The molecule has 162 valence electrons. The highest BCUT2D eigenvalue weighted by Gasteiger charge is 2.34. The number of carbonyl (C=O) groups excluding carboxylic acids is 3. The number of carbonyl (C=O) groups is 3. The van der Waals surface area contributed by atoms with E-state index in [1.54, 1.807) is 4.90 Å². The highest BCUT2D eigenvalue weighted by molar-refractivity contribution is 5.94. The molecule has 1 aliphatic heterocycles. The minimum atomic E-state index is -0.336. The third kappa shape index (κ3) is 5.32. The van der Waals surface area contributed by atoms with Crippen LogP contribution in [0.15, 0.2) is 48.5 Å². The van der Waals surface area contributed by atoms with Crippen molar-refractivity contribution < 1.29 is 14.4 Å². The summed E-state index contributed by atoms with van der Waals surface area (Å²) in [6.45, 7) is 4.94. The average Bonchev–Trinajstić information content (AvgIpc) is 3.54. The van der Waals surface area contributed by atoms with Gasteiger partial charge in [-0.3, -0.25) is 14.4 Å². The standard InChI is InChI=1S/C25H29N3O3/c1-16-3-5-18(6-4-16)14-28-15-21(13-23(28)29)25(31)26-17(2)19-9-11-22(12-10-19)27-24(30)20-7-8-20/h3-6,9-12,17,20-21H,7-8,13-15H2,1-2H3,(H,26,31)(H,27,30). The van der Waals surface area contributed by atoms with Gasteiger partial charge < -0.3 is 15.5 Å². The molecule has 1 aliphatic carbocycles. The second kappa shape index (κ2) is 8.92. The quantitative estimate of drug-likeness (QED) is 0.720. The molecule has 6 heteroatoms. The molecule has 31 heavy (non-hydrogen) atoms. The number of benzene rings is 2. The minimum absolute atomic E-state index is 0.0177. The lowest BCUT2D eigenvalue weighted by molar-refractivity contribution is -0.129. The van der Waals surface area contributed by atoms with Gasteiger partial charge in [0, 0.05) is 31.1 Å². The first-order chi connectivity index (χ1) is 14.9. The van der Waals surface area contributed by atoms with Gasteiger partial charge in [-0.25, -0.2) is 0 Å². The lowest BCUT2D eigenvalue weighted by Crippen LogP contribution is -2.34. The summed E-state index contributed by atoms with van der Waals surface area (Å²) in [6.07, 6.45) is 2.19. The maximum atomic E-state index is 12.8. The molecule has 2 aliphatic rings. The summed E-state index contributed by atoms with van der Waals surface area (Å²) in [4.78, 5) is 38.8. The molecular formula is C25H29N3O3. The van der Waals surface area contributed by atoms with Crippen LogP contribution in [0.5, 0.6) is 0 Å². The van der Waals surface area contributed by atoms with Crippen LogP contribution in [0.4, 0.5) is 5.69 Å². The van der Waals surface area contributed by atoms with Crippen LogP contribution in [0.3, 0.4) is 0 Å². The van der Waals surface area contributed by atoms with Crippen LogP contribution >= 0.6 is 0 Å². The van der Waals surface area contributed by atoms with Crippen molar-refractivity contribution in [3.63, 3.8) is 0 Å². The Labute approximate surface area is 183 Å². The molecule has 3 amide bonds. The molecule has 6 nitrogen and oxygen atoms in total. The van der Waals surface area contributed by atoms with Crippen molar-refractivity contribution >= 4 is 23.4 Å². The normalized spacial score (nSPS) is 19.2. The molecule has 2 fully saturated rings. The highest BCUT2D eigenvalue weighted by atomic mass is 16.2. The molecule has 1 saturated heterocycles. The fourth-order valence-electron chi connectivity index (χ4n) is 3.87. The molecule has 2 unspecified atom stereocenters. The zero-order chi connectivity index (χ0) is 22.0. The monoisotopic (exact) mass is 419 g/mol. The average molecular weight is 420 g/mol. The van der Waals surface area contributed by atoms with E-state index in [0.717, 1.165) is 29.7 Å². The van der Waals surface area contributed by atoms with Gasteiger partial charge in [0.1, 0.15) is 0 Å². The van der Waals surface area contributed by atoms with Crippen LogP contribution < -0.4 is 10.6 Å². The maximum Gasteiger partial charge on any atom is 0.227 e. The Morgan fingerprint density at radius 3 is 2.32 bits per heavy atom. The zero-order valence-corrected chi connectivity index (χ0v) is 18.1. The number of rotatable bonds is 7. The van der Waals surface area contributed by atoms with Crippen molar-refractivity contribution in [2.75, 3.05) is 11.9 Å².